The summed E-state index contributed by atoms with van der Waals surface area (Å²) in [5.74, 6) is -0.117. The van der Waals surface area contributed by atoms with Gasteiger partial charge in [0.1, 0.15) is 0 Å². The number of rotatable bonds is 4. The maximum Gasteiger partial charge on any atom is 0.289 e. The van der Waals surface area contributed by atoms with Crippen LogP contribution in [0.4, 0.5) is 4.79 Å². The van der Waals surface area contributed by atoms with Crippen LogP contribution in [0.25, 0.3) is 0 Å². The largest absolute Gasteiger partial charge is 0.289 e. The molecular formula is C17H14ClNO2S. The monoisotopic (exact) mass is 331 g/mol. The molecule has 1 heterocycles. The van der Waals surface area contributed by atoms with Crippen LogP contribution in [0.1, 0.15) is 11.1 Å². The van der Waals surface area contributed by atoms with Gasteiger partial charge in [-0.3, -0.25) is 14.5 Å². The Hall–Kier alpha value is -1.78. The van der Waals surface area contributed by atoms with Crippen LogP contribution >= 0.6 is 23.4 Å². The van der Waals surface area contributed by atoms with Crippen molar-refractivity contribution < 1.29 is 9.59 Å². The summed E-state index contributed by atoms with van der Waals surface area (Å²) in [6.45, 7) is 0.299. The Labute approximate surface area is 138 Å². The number of imide groups is 1. The molecule has 2 aromatic rings. The molecule has 22 heavy (non-hydrogen) atoms. The minimum Gasteiger partial charge on any atom is -0.273 e. The minimum absolute atomic E-state index is 0.117. The van der Waals surface area contributed by atoms with E-state index in [1.807, 2.05) is 42.5 Å². The Bertz CT molecular complexity index is 688. The molecule has 112 valence electrons. The fraction of sp³-hybridized carbons (Fsp3) is 0.176. The first kappa shape index (κ1) is 15.1. The Morgan fingerprint density at radius 1 is 0.955 bits per heavy atom. The molecular weight excluding hydrogens is 318 g/mol. The number of hydrogen-bond acceptors (Lipinski definition) is 3. The zero-order valence-electron chi connectivity index (χ0n) is 11.7. The normalized spacial score (nSPS) is 18.0. The molecule has 0 aromatic heterocycles. The Morgan fingerprint density at radius 3 is 2.32 bits per heavy atom. The van der Waals surface area contributed by atoms with Gasteiger partial charge in [-0.1, -0.05) is 65.8 Å². The van der Waals surface area contributed by atoms with Crippen molar-refractivity contribution in [3.63, 3.8) is 0 Å². The third kappa shape index (κ3) is 3.34. The molecule has 0 saturated carbocycles. The number of halogens is 1. The maximum atomic E-state index is 12.4. The summed E-state index contributed by atoms with van der Waals surface area (Å²) >= 11 is 6.96. The van der Waals surface area contributed by atoms with Crippen molar-refractivity contribution in [2.75, 3.05) is 0 Å². The lowest BCUT2D eigenvalue weighted by Crippen LogP contribution is -2.31. The molecule has 3 rings (SSSR count). The predicted octanol–water partition coefficient (Wildman–Crippen LogP) is 4.15. The van der Waals surface area contributed by atoms with Gasteiger partial charge >= 0.3 is 0 Å². The van der Waals surface area contributed by atoms with Crippen molar-refractivity contribution in [3.05, 3.63) is 70.7 Å². The second-order valence-corrected chi connectivity index (χ2v) is 6.70. The molecule has 0 aliphatic carbocycles. The molecule has 0 unspecified atom stereocenters. The van der Waals surface area contributed by atoms with Crippen molar-refractivity contribution in [1.29, 1.82) is 0 Å². The van der Waals surface area contributed by atoms with E-state index in [2.05, 4.69) is 0 Å². The summed E-state index contributed by atoms with van der Waals surface area (Å²) < 4.78 is 0. The highest BCUT2D eigenvalue weighted by Gasteiger charge is 2.39. The Morgan fingerprint density at radius 2 is 1.64 bits per heavy atom. The van der Waals surface area contributed by atoms with Gasteiger partial charge in [-0.05, 0) is 29.7 Å². The third-order valence-electron chi connectivity index (χ3n) is 3.52. The van der Waals surface area contributed by atoms with Crippen molar-refractivity contribution in [2.24, 2.45) is 0 Å². The smallest absolute Gasteiger partial charge is 0.273 e. The average molecular weight is 332 g/mol. The fourth-order valence-corrected chi connectivity index (χ4v) is 3.53. The lowest BCUT2D eigenvalue weighted by atomic mass is 10.1. The fourth-order valence-electron chi connectivity index (χ4n) is 2.37. The highest BCUT2D eigenvalue weighted by atomic mass is 35.5. The summed E-state index contributed by atoms with van der Waals surface area (Å²) in [6.07, 6.45) is 0.577. The quantitative estimate of drug-likeness (QED) is 0.844. The molecule has 0 bridgehead atoms. The van der Waals surface area contributed by atoms with Crippen LogP contribution in [0.15, 0.2) is 54.6 Å². The van der Waals surface area contributed by atoms with Gasteiger partial charge in [0, 0.05) is 5.02 Å². The average Bonchev–Trinajstić information content (AvgIpc) is 2.78. The van der Waals surface area contributed by atoms with Gasteiger partial charge in [-0.25, -0.2) is 0 Å². The van der Waals surface area contributed by atoms with Crippen LogP contribution in [0.3, 0.4) is 0 Å². The van der Waals surface area contributed by atoms with Gasteiger partial charge in [0.2, 0.25) is 5.91 Å². The van der Waals surface area contributed by atoms with E-state index in [0.29, 0.717) is 18.0 Å². The Kier molecular flexibility index (Phi) is 4.50. The predicted molar refractivity (Wildman–Crippen MR) is 88.9 cm³/mol. The van der Waals surface area contributed by atoms with Crippen molar-refractivity contribution in [2.45, 2.75) is 18.2 Å². The van der Waals surface area contributed by atoms with E-state index in [9.17, 15) is 9.59 Å². The molecule has 5 heteroatoms. The van der Waals surface area contributed by atoms with Crippen LogP contribution in [-0.2, 0) is 17.8 Å². The Balaban J connectivity index is 1.70. The van der Waals surface area contributed by atoms with E-state index in [-0.39, 0.29) is 16.4 Å². The van der Waals surface area contributed by atoms with Gasteiger partial charge in [0.15, 0.2) is 0 Å². The van der Waals surface area contributed by atoms with Crippen molar-refractivity contribution in [3.8, 4) is 0 Å². The molecule has 1 saturated heterocycles. The van der Waals surface area contributed by atoms with E-state index in [4.69, 9.17) is 11.6 Å². The number of carbonyl (C=O) groups is 2. The van der Waals surface area contributed by atoms with E-state index < -0.39 is 0 Å². The first-order valence-electron chi connectivity index (χ1n) is 6.94. The molecule has 1 fully saturated rings. The van der Waals surface area contributed by atoms with Gasteiger partial charge in [0.25, 0.3) is 5.24 Å². The van der Waals surface area contributed by atoms with Crippen molar-refractivity contribution in [1.82, 2.24) is 4.90 Å². The molecule has 0 N–H and O–H groups in total. The molecule has 2 amide bonds. The van der Waals surface area contributed by atoms with E-state index in [0.717, 1.165) is 22.9 Å². The topological polar surface area (TPSA) is 37.4 Å². The lowest BCUT2D eigenvalue weighted by Gasteiger charge is -2.14. The zero-order chi connectivity index (χ0) is 15.5. The third-order valence-corrected chi connectivity index (χ3v) is 4.85. The van der Waals surface area contributed by atoms with Gasteiger partial charge < -0.3 is 0 Å². The van der Waals surface area contributed by atoms with Gasteiger partial charge in [-0.2, -0.15) is 0 Å². The first-order valence-corrected chi connectivity index (χ1v) is 8.19. The molecule has 1 aliphatic rings. The summed E-state index contributed by atoms with van der Waals surface area (Å²) in [5, 5.41) is 0.127. The van der Waals surface area contributed by atoms with E-state index in [1.54, 1.807) is 12.1 Å². The van der Waals surface area contributed by atoms with Crippen LogP contribution in [0.5, 0.6) is 0 Å². The van der Waals surface area contributed by atoms with Crippen LogP contribution in [-0.4, -0.2) is 21.3 Å². The standard InChI is InChI=1S/C17H14ClNO2S/c18-14-8-6-13(7-9-14)11-19-16(20)15(22-17(19)21)10-12-4-2-1-3-5-12/h1-9,15H,10-11H2/t15-/m1/s1. The van der Waals surface area contributed by atoms with Gasteiger partial charge in [-0.15, -0.1) is 0 Å². The summed E-state index contributed by atoms with van der Waals surface area (Å²) in [7, 11) is 0. The number of thioether (sulfide) groups is 1. The SMILES string of the molecule is O=C1S[C@H](Cc2ccccc2)C(=O)N1Cc1ccc(Cl)cc1. The molecule has 3 nitrogen and oxygen atoms in total. The summed E-state index contributed by atoms with van der Waals surface area (Å²) in [4.78, 5) is 25.9. The number of nitrogens with zero attached hydrogens (tertiary/aromatic N) is 1. The van der Waals surface area contributed by atoms with Crippen LogP contribution < -0.4 is 0 Å². The maximum absolute atomic E-state index is 12.4. The molecule has 2 aromatic carbocycles. The summed E-state index contributed by atoms with van der Waals surface area (Å²) in [6, 6.07) is 16.9. The van der Waals surface area contributed by atoms with Crippen molar-refractivity contribution >= 4 is 34.5 Å². The number of amides is 2. The van der Waals surface area contributed by atoms with Crippen LogP contribution in [0.2, 0.25) is 5.02 Å². The second kappa shape index (κ2) is 6.55. The van der Waals surface area contributed by atoms with E-state index in [1.165, 1.54) is 4.90 Å². The van der Waals surface area contributed by atoms with Crippen LogP contribution in [0, 0.1) is 0 Å². The number of benzene rings is 2. The molecule has 1 atom stereocenters. The highest BCUT2D eigenvalue weighted by Crippen LogP contribution is 2.30. The minimum atomic E-state index is -0.331. The molecule has 1 aliphatic heterocycles. The zero-order valence-corrected chi connectivity index (χ0v) is 13.3. The lowest BCUT2D eigenvalue weighted by molar-refractivity contribution is -0.127. The summed E-state index contributed by atoms with van der Waals surface area (Å²) in [5.41, 5.74) is 1.96. The highest BCUT2D eigenvalue weighted by molar-refractivity contribution is 8.15. The first-order chi connectivity index (χ1) is 10.6. The number of hydrogen-bond donors (Lipinski definition) is 0. The second-order valence-electron chi connectivity index (χ2n) is 5.11. The van der Waals surface area contributed by atoms with E-state index >= 15 is 0 Å². The van der Waals surface area contributed by atoms with Gasteiger partial charge in [0.05, 0.1) is 11.8 Å². The number of carbonyl (C=O) groups excluding carboxylic acids is 2. The molecule has 0 spiro atoms. The molecule has 0 radical (unpaired) electrons.